The fourth-order valence-electron chi connectivity index (χ4n) is 1.82. The molecule has 1 aromatic heterocycles. The zero-order chi connectivity index (χ0) is 13.8. The van der Waals surface area contributed by atoms with Gasteiger partial charge in [0.2, 0.25) is 0 Å². The number of carbonyl (C=O) groups excluding carboxylic acids is 1. The quantitative estimate of drug-likeness (QED) is 0.759. The molecule has 1 amide bonds. The van der Waals surface area contributed by atoms with Crippen LogP contribution in [0.1, 0.15) is 10.6 Å². The maximum absolute atomic E-state index is 11.7. The van der Waals surface area contributed by atoms with Crippen molar-refractivity contribution in [3.63, 3.8) is 0 Å². The molecule has 6 nitrogen and oxygen atoms in total. The van der Waals surface area contributed by atoms with E-state index in [4.69, 9.17) is 0 Å². The molecule has 0 fully saturated rings. The van der Waals surface area contributed by atoms with Crippen molar-refractivity contribution in [2.24, 2.45) is 0 Å². The summed E-state index contributed by atoms with van der Waals surface area (Å²) >= 11 is 0. The van der Waals surface area contributed by atoms with Crippen LogP contribution in [0.4, 0.5) is 5.69 Å². The van der Waals surface area contributed by atoms with E-state index in [-0.39, 0.29) is 5.82 Å². The van der Waals surface area contributed by atoms with Gasteiger partial charge in [-0.25, -0.2) is 0 Å². The van der Waals surface area contributed by atoms with Crippen LogP contribution in [0.15, 0.2) is 54.6 Å². The molecule has 1 heterocycles. The molecule has 2 aromatic carbocycles. The number of aromatic amines is 1. The minimum Gasteiger partial charge on any atom is -0.319 e. The lowest BCUT2D eigenvalue weighted by atomic mass is 10.1. The van der Waals surface area contributed by atoms with Crippen molar-refractivity contribution in [1.82, 2.24) is 20.6 Å². The molecule has 20 heavy (non-hydrogen) atoms. The van der Waals surface area contributed by atoms with Crippen molar-refractivity contribution in [1.29, 1.82) is 0 Å². The van der Waals surface area contributed by atoms with Gasteiger partial charge in [0, 0.05) is 5.69 Å². The number of anilines is 1. The van der Waals surface area contributed by atoms with Crippen LogP contribution in [-0.4, -0.2) is 26.5 Å². The van der Waals surface area contributed by atoms with Gasteiger partial charge in [-0.05, 0) is 28.5 Å². The van der Waals surface area contributed by atoms with E-state index in [9.17, 15) is 4.79 Å². The maximum atomic E-state index is 11.7. The van der Waals surface area contributed by atoms with E-state index >= 15 is 0 Å². The van der Waals surface area contributed by atoms with Gasteiger partial charge in [0.25, 0.3) is 11.7 Å². The normalized spacial score (nSPS) is 10.2. The number of nitrogens with one attached hydrogen (secondary N) is 2. The molecule has 0 radical (unpaired) electrons. The Labute approximate surface area is 114 Å². The third-order valence-corrected chi connectivity index (χ3v) is 2.80. The van der Waals surface area contributed by atoms with E-state index in [1.54, 1.807) is 0 Å². The van der Waals surface area contributed by atoms with Crippen molar-refractivity contribution in [2.45, 2.75) is 0 Å². The number of hydrogen-bond acceptors (Lipinski definition) is 4. The number of rotatable bonds is 3. The molecule has 98 valence electrons. The highest BCUT2D eigenvalue weighted by Crippen LogP contribution is 2.21. The summed E-state index contributed by atoms with van der Waals surface area (Å²) in [6.07, 6.45) is 0. The van der Waals surface area contributed by atoms with Gasteiger partial charge in [-0.15, -0.1) is 10.2 Å². The van der Waals surface area contributed by atoms with E-state index < -0.39 is 5.91 Å². The molecular weight excluding hydrogens is 254 g/mol. The lowest BCUT2D eigenvalue weighted by molar-refractivity contribution is 0.101. The number of carbonyl (C=O) groups is 1. The van der Waals surface area contributed by atoms with Crippen LogP contribution >= 0.6 is 0 Å². The Morgan fingerprint density at radius 1 is 0.950 bits per heavy atom. The van der Waals surface area contributed by atoms with Crippen molar-refractivity contribution >= 4 is 11.6 Å². The van der Waals surface area contributed by atoms with Crippen LogP contribution < -0.4 is 5.32 Å². The molecule has 0 atom stereocenters. The van der Waals surface area contributed by atoms with Crippen LogP contribution in [0.3, 0.4) is 0 Å². The van der Waals surface area contributed by atoms with E-state index in [0.29, 0.717) is 5.69 Å². The smallest absolute Gasteiger partial charge is 0.297 e. The summed E-state index contributed by atoms with van der Waals surface area (Å²) in [5, 5.41) is 15.5. The zero-order valence-corrected chi connectivity index (χ0v) is 10.4. The van der Waals surface area contributed by atoms with Gasteiger partial charge >= 0.3 is 0 Å². The molecule has 2 N–H and O–H groups in total. The number of benzene rings is 2. The SMILES string of the molecule is O=C(Nc1ccc(-c2ccccc2)cc1)c1nn[nH]n1. The highest BCUT2D eigenvalue weighted by atomic mass is 16.2. The maximum Gasteiger partial charge on any atom is 0.297 e. The largest absolute Gasteiger partial charge is 0.319 e. The van der Waals surface area contributed by atoms with Crippen LogP contribution in [-0.2, 0) is 0 Å². The number of amides is 1. The standard InChI is InChI=1S/C14H11N5O/c20-14(13-16-18-19-17-13)15-12-8-6-11(7-9-12)10-4-2-1-3-5-10/h1-9H,(H,15,20)(H,16,17,18,19). The fourth-order valence-corrected chi connectivity index (χ4v) is 1.82. The number of hydrogen-bond donors (Lipinski definition) is 2. The van der Waals surface area contributed by atoms with Gasteiger partial charge in [-0.1, -0.05) is 42.5 Å². The Morgan fingerprint density at radius 3 is 2.30 bits per heavy atom. The van der Waals surface area contributed by atoms with Crippen LogP contribution in [0.2, 0.25) is 0 Å². The van der Waals surface area contributed by atoms with Crippen molar-refractivity contribution in [3.05, 3.63) is 60.4 Å². The number of aromatic nitrogens is 4. The third-order valence-electron chi connectivity index (χ3n) is 2.80. The summed E-state index contributed by atoms with van der Waals surface area (Å²) in [5.74, 6) is -0.386. The van der Waals surface area contributed by atoms with Crippen LogP contribution in [0.25, 0.3) is 11.1 Å². The Hall–Kier alpha value is -3.02. The van der Waals surface area contributed by atoms with Gasteiger partial charge in [0.05, 0.1) is 0 Å². The van der Waals surface area contributed by atoms with E-state index in [1.165, 1.54) is 0 Å². The van der Waals surface area contributed by atoms with Gasteiger partial charge in [0.15, 0.2) is 0 Å². The number of tetrazole rings is 1. The lowest BCUT2D eigenvalue weighted by Gasteiger charge is -2.05. The average molecular weight is 265 g/mol. The highest BCUT2D eigenvalue weighted by molar-refractivity contribution is 6.01. The molecule has 0 unspecified atom stereocenters. The molecule has 0 aliphatic carbocycles. The number of nitrogens with zero attached hydrogens (tertiary/aromatic N) is 3. The summed E-state index contributed by atoms with van der Waals surface area (Å²) in [7, 11) is 0. The van der Waals surface area contributed by atoms with Crippen LogP contribution in [0.5, 0.6) is 0 Å². The minimum absolute atomic E-state index is 0.0112. The molecular formula is C14H11N5O. The minimum atomic E-state index is -0.397. The first-order chi connectivity index (χ1) is 9.83. The number of H-pyrrole nitrogens is 1. The van der Waals surface area contributed by atoms with Crippen molar-refractivity contribution < 1.29 is 4.79 Å². The second-order valence-electron chi connectivity index (χ2n) is 4.13. The Balaban J connectivity index is 1.75. The molecule has 0 bridgehead atoms. The molecule has 3 aromatic rings. The predicted molar refractivity (Wildman–Crippen MR) is 74.0 cm³/mol. The topological polar surface area (TPSA) is 83.6 Å². The van der Waals surface area contributed by atoms with E-state index in [1.807, 2.05) is 54.6 Å². The van der Waals surface area contributed by atoms with Crippen molar-refractivity contribution in [3.8, 4) is 11.1 Å². The monoisotopic (exact) mass is 265 g/mol. The first kappa shape index (κ1) is 12.0. The predicted octanol–water partition coefficient (Wildman–Crippen LogP) is 2.12. The first-order valence-electron chi connectivity index (χ1n) is 6.03. The molecule has 0 saturated heterocycles. The summed E-state index contributed by atoms with van der Waals surface area (Å²) in [6, 6.07) is 17.6. The van der Waals surface area contributed by atoms with Gasteiger partial charge in [-0.3, -0.25) is 4.79 Å². The molecule has 6 heteroatoms. The highest BCUT2D eigenvalue weighted by Gasteiger charge is 2.10. The third kappa shape index (κ3) is 2.54. The summed E-state index contributed by atoms with van der Waals surface area (Å²) in [5.41, 5.74) is 2.89. The second-order valence-corrected chi connectivity index (χ2v) is 4.13. The molecule has 0 saturated carbocycles. The van der Waals surface area contributed by atoms with Crippen LogP contribution in [0, 0.1) is 0 Å². The average Bonchev–Trinajstić information content (AvgIpc) is 3.03. The zero-order valence-electron chi connectivity index (χ0n) is 10.4. The fraction of sp³-hybridized carbons (Fsp3) is 0. The van der Waals surface area contributed by atoms with E-state index in [2.05, 4.69) is 25.9 Å². The summed E-state index contributed by atoms with van der Waals surface area (Å²) < 4.78 is 0. The Bertz CT molecular complexity index is 692. The first-order valence-corrected chi connectivity index (χ1v) is 6.03. The molecule has 3 rings (SSSR count). The lowest BCUT2D eigenvalue weighted by Crippen LogP contribution is -2.13. The second kappa shape index (κ2) is 5.31. The summed E-state index contributed by atoms with van der Waals surface area (Å²) in [4.78, 5) is 11.7. The summed E-state index contributed by atoms with van der Waals surface area (Å²) in [6.45, 7) is 0. The van der Waals surface area contributed by atoms with Gasteiger partial charge in [0.1, 0.15) is 0 Å². The van der Waals surface area contributed by atoms with E-state index in [0.717, 1.165) is 11.1 Å². The molecule has 0 spiro atoms. The van der Waals surface area contributed by atoms with Crippen molar-refractivity contribution in [2.75, 3.05) is 5.32 Å². The van der Waals surface area contributed by atoms with Gasteiger partial charge < -0.3 is 5.32 Å². The van der Waals surface area contributed by atoms with Gasteiger partial charge in [-0.2, -0.15) is 5.21 Å². The molecule has 0 aliphatic rings. The Morgan fingerprint density at radius 2 is 1.65 bits per heavy atom. The molecule has 0 aliphatic heterocycles. The Kier molecular flexibility index (Phi) is 3.20.